The fraction of sp³-hybridized carbons (Fsp3) is 0.400. The Morgan fingerprint density at radius 2 is 1.86 bits per heavy atom. The zero-order valence-corrected chi connectivity index (χ0v) is 19.9. The molecule has 2 aromatic carbocycles. The molecule has 186 valence electrons. The Bertz CT molecular complexity index is 1210. The minimum absolute atomic E-state index is 0.231. The van der Waals surface area contributed by atoms with Gasteiger partial charge in [-0.15, -0.1) is 0 Å². The Kier molecular flexibility index (Phi) is 7.13. The molecule has 35 heavy (non-hydrogen) atoms. The number of nitrogens with zero attached hydrogens (tertiary/aromatic N) is 3. The highest BCUT2D eigenvalue weighted by Crippen LogP contribution is 2.29. The highest BCUT2D eigenvalue weighted by Gasteiger charge is 2.23. The molecule has 0 aliphatic carbocycles. The molecule has 0 saturated carbocycles. The van der Waals surface area contributed by atoms with E-state index in [1.54, 1.807) is 32.2 Å². The van der Waals surface area contributed by atoms with Gasteiger partial charge in [-0.2, -0.15) is 0 Å². The first-order valence-electron chi connectivity index (χ1n) is 11.4. The van der Waals surface area contributed by atoms with Gasteiger partial charge in [-0.1, -0.05) is 0 Å². The number of aliphatic hydroxyl groups excluding tert-OH is 1. The van der Waals surface area contributed by atoms with Crippen LogP contribution in [0, 0.1) is 11.6 Å². The summed E-state index contributed by atoms with van der Waals surface area (Å²) in [6, 6.07) is 6.08. The average Bonchev–Trinajstić information content (AvgIpc) is 2.82. The van der Waals surface area contributed by atoms with Crippen LogP contribution in [0.1, 0.15) is 42.7 Å². The zero-order valence-electron chi connectivity index (χ0n) is 19.9. The third-order valence-corrected chi connectivity index (χ3v) is 5.82. The fourth-order valence-electron chi connectivity index (χ4n) is 3.92. The number of anilines is 2. The van der Waals surface area contributed by atoms with Gasteiger partial charge in [0.05, 0.1) is 48.6 Å². The second-order valence-electron chi connectivity index (χ2n) is 9.28. The molecule has 1 fully saturated rings. The molecule has 3 aromatic rings. The number of halogens is 2. The number of hydrogen-bond donors (Lipinski definition) is 3. The van der Waals surface area contributed by atoms with Gasteiger partial charge in [0.2, 0.25) is 0 Å². The first-order valence-corrected chi connectivity index (χ1v) is 11.4. The van der Waals surface area contributed by atoms with E-state index in [0.717, 1.165) is 6.07 Å². The first kappa shape index (κ1) is 24.7. The highest BCUT2D eigenvalue weighted by molar-refractivity contribution is 5.99. The van der Waals surface area contributed by atoms with Crippen molar-refractivity contribution in [2.75, 3.05) is 43.1 Å². The Morgan fingerprint density at radius 3 is 2.51 bits per heavy atom. The number of aromatic nitrogens is 2. The number of carbonyl (C=O) groups is 1. The molecule has 1 atom stereocenters. The van der Waals surface area contributed by atoms with Crippen molar-refractivity contribution in [3.63, 3.8) is 0 Å². The molecule has 8 nitrogen and oxygen atoms in total. The first-order chi connectivity index (χ1) is 16.6. The lowest BCUT2D eigenvalue weighted by molar-refractivity contribution is 0.0869. The lowest BCUT2D eigenvalue weighted by Gasteiger charge is -2.28. The maximum absolute atomic E-state index is 13.8. The van der Waals surface area contributed by atoms with Crippen LogP contribution in [0.4, 0.5) is 20.3 Å². The van der Waals surface area contributed by atoms with Crippen molar-refractivity contribution in [2.45, 2.75) is 32.4 Å². The van der Waals surface area contributed by atoms with Gasteiger partial charge in [0.25, 0.3) is 5.91 Å². The Balaban J connectivity index is 1.77. The topological polar surface area (TPSA) is 99.6 Å². The molecular formula is C25H29F2N5O3. The molecule has 2 heterocycles. The summed E-state index contributed by atoms with van der Waals surface area (Å²) in [5.74, 6) is -1.09. The minimum atomic E-state index is -0.818. The molecule has 0 spiro atoms. The summed E-state index contributed by atoms with van der Waals surface area (Å²) in [7, 11) is 0. The number of benzene rings is 2. The van der Waals surface area contributed by atoms with E-state index in [2.05, 4.69) is 20.5 Å². The van der Waals surface area contributed by atoms with Crippen LogP contribution in [-0.2, 0) is 4.74 Å². The number of carbonyl (C=O) groups excluding carboxylic acids is 1. The fourth-order valence-corrected chi connectivity index (χ4v) is 3.92. The minimum Gasteiger partial charge on any atom is -0.394 e. The summed E-state index contributed by atoms with van der Waals surface area (Å²) >= 11 is 0. The van der Waals surface area contributed by atoms with Gasteiger partial charge >= 0.3 is 0 Å². The summed E-state index contributed by atoms with van der Waals surface area (Å²) < 4.78 is 32.9. The van der Waals surface area contributed by atoms with Crippen LogP contribution in [0.3, 0.4) is 0 Å². The molecule has 1 aliphatic rings. The third kappa shape index (κ3) is 5.83. The largest absolute Gasteiger partial charge is 0.394 e. The van der Waals surface area contributed by atoms with E-state index in [4.69, 9.17) is 9.72 Å². The molecule has 0 bridgehead atoms. The summed E-state index contributed by atoms with van der Waals surface area (Å²) in [5.41, 5.74) is 1.50. The quantitative estimate of drug-likeness (QED) is 0.472. The van der Waals surface area contributed by atoms with Gasteiger partial charge < -0.3 is 25.4 Å². The number of nitrogens with one attached hydrogen (secondary N) is 2. The van der Waals surface area contributed by atoms with Crippen LogP contribution in [0.15, 0.2) is 36.5 Å². The van der Waals surface area contributed by atoms with E-state index in [1.807, 2.05) is 6.92 Å². The van der Waals surface area contributed by atoms with Crippen molar-refractivity contribution >= 4 is 28.4 Å². The Hall–Kier alpha value is -3.37. The lowest BCUT2D eigenvalue weighted by atomic mass is 10.00. The summed E-state index contributed by atoms with van der Waals surface area (Å²) in [4.78, 5) is 24.5. The smallest absolute Gasteiger partial charge is 0.251 e. The van der Waals surface area contributed by atoms with Crippen LogP contribution in [0.25, 0.3) is 11.0 Å². The molecule has 1 aliphatic heterocycles. The van der Waals surface area contributed by atoms with Crippen molar-refractivity contribution in [1.29, 1.82) is 0 Å². The number of hydrogen-bond acceptors (Lipinski definition) is 7. The number of amides is 1. The standard InChI is InChI=1S/C25H29F2N5O3/c1-15(29-19-11-17(26)10-18(27)12-19)20-8-16(24(34)31-25(2,3)14-33)9-21-23(20)30-22(13-28-21)32-4-6-35-7-5-32/h8-13,15,29,33H,4-7,14H2,1-3H3,(H,31,34). The van der Waals surface area contributed by atoms with Crippen LogP contribution in [0.5, 0.6) is 0 Å². The number of fused-ring (bicyclic) bond motifs is 1. The Labute approximate surface area is 202 Å². The van der Waals surface area contributed by atoms with Crippen LogP contribution >= 0.6 is 0 Å². The number of ether oxygens (including phenoxy) is 1. The van der Waals surface area contributed by atoms with E-state index >= 15 is 0 Å². The van der Waals surface area contributed by atoms with Crippen molar-refractivity contribution < 1.29 is 23.4 Å². The van der Waals surface area contributed by atoms with E-state index in [1.165, 1.54) is 12.1 Å². The second kappa shape index (κ2) is 10.1. The van der Waals surface area contributed by atoms with E-state index in [0.29, 0.717) is 54.3 Å². The van der Waals surface area contributed by atoms with Crippen molar-refractivity contribution in [3.05, 3.63) is 59.3 Å². The SMILES string of the molecule is CC(Nc1cc(F)cc(F)c1)c1cc(C(=O)NC(C)(C)CO)cc2ncc(N3CCOCC3)nc12. The van der Waals surface area contributed by atoms with Gasteiger partial charge in [0.1, 0.15) is 17.5 Å². The molecule has 3 N–H and O–H groups in total. The molecule has 1 unspecified atom stereocenters. The van der Waals surface area contributed by atoms with Gasteiger partial charge in [0, 0.05) is 36.0 Å². The summed E-state index contributed by atoms with van der Waals surface area (Å²) in [5, 5.41) is 15.5. The second-order valence-corrected chi connectivity index (χ2v) is 9.28. The highest BCUT2D eigenvalue weighted by atomic mass is 19.1. The van der Waals surface area contributed by atoms with E-state index in [-0.39, 0.29) is 18.2 Å². The van der Waals surface area contributed by atoms with Crippen molar-refractivity contribution in [2.24, 2.45) is 0 Å². The predicted octanol–water partition coefficient (Wildman–Crippen LogP) is 3.42. The van der Waals surface area contributed by atoms with Gasteiger partial charge in [-0.3, -0.25) is 9.78 Å². The van der Waals surface area contributed by atoms with Crippen LogP contribution in [0.2, 0.25) is 0 Å². The maximum Gasteiger partial charge on any atom is 0.251 e. The lowest BCUT2D eigenvalue weighted by Crippen LogP contribution is -2.46. The monoisotopic (exact) mass is 485 g/mol. The van der Waals surface area contributed by atoms with Crippen LogP contribution < -0.4 is 15.5 Å². The predicted molar refractivity (Wildman–Crippen MR) is 130 cm³/mol. The average molecular weight is 486 g/mol. The molecular weight excluding hydrogens is 456 g/mol. The van der Waals surface area contributed by atoms with Crippen LogP contribution in [-0.4, -0.2) is 59.4 Å². The molecule has 1 amide bonds. The van der Waals surface area contributed by atoms with E-state index < -0.39 is 23.2 Å². The Morgan fingerprint density at radius 1 is 1.17 bits per heavy atom. The zero-order chi connectivity index (χ0) is 25.2. The molecule has 1 saturated heterocycles. The van der Waals surface area contributed by atoms with Crippen molar-refractivity contribution in [3.8, 4) is 0 Å². The maximum atomic E-state index is 13.8. The van der Waals surface area contributed by atoms with Gasteiger partial charge in [-0.05, 0) is 45.0 Å². The number of aliphatic hydroxyl groups is 1. The number of morpholine rings is 1. The summed E-state index contributed by atoms with van der Waals surface area (Å²) in [6.07, 6.45) is 1.66. The van der Waals surface area contributed by atoms with Gasteiger partial charge in [-0.25, -0.2) is 13.8 Å². The normalized spacial score (nSPS) is 15.2. The third-order valence-electron chi connectivity index (χ3n) is 5.82. The van der Waals surface area contributed by atoms with E-state index in [9.17, 15) is 18.7 Å². The summed E-state index contributed by atoms with van der Waals surface area (Å²) in [6.45, 7) is 7.56. The molecule has 10 heteroatoms. The van der Waals surface area contributed by atoms with Crippen molar-refractivity contribution in [1.82, 2.24) is 15.3 Å². The number of rotatable bonds is 7. The molecule has 0 radical (unpaired) electrons. The molecule has 1 aromatic heterocycles. The molecule has 4 rings (SSSR count). The van der Waals surface area contributed by atoms with Gasteiger partial charge in [0.15, 0.2) is 0 Å².